The SMILES string of the molecule is CC(C)C1C=CC=CC2C1C2(Br)Br. The zero-order valence-electron chi connectivity index (χ0n) is 7.87. The van der Waals surface area contributed by atoms with Gasteiger partial charge in [0, 0.05) is 5.92 Å². The van der Waals surface area contributed by atoms with E-state index in [9.17, 15) is 0 Å². The van der Waals surface area contributed by atoms with Gasteiger partial charge < -0.3 is 0 Å². The van der Waals surface area contributed by atoms with E-state index in [1.165, 1.54) is 0 Å². The molecule has 0 spiro atoms. The molecule has 1 fully saturated rings. The van der Waals surface area contributed by atoms with Crippen LogP contribution < -0.4 is 0 Å². The fourth-order valence-electron chi connectivity index (χ4n) is 2.25. The number of rotatable bonds is 1. The van der Waals surface area contributed by atoms with Crippen molar-refractivity contribution in [3.05, 3.63) is 24.3 Å². The molecule has 0 nitrogen and oxygen atoms in total. The molecule has 0 bridgehead atoms. The van der Waals surface area contributed by atoms with Crippen molar-refractivity contribution in [2.75, 3.05) is 0 Å². The van der Waals surface area contributed by atoms with Crippen LogP contribution in [0.5, 0.6) is 0 Å². The van der Waals surface area contributed by atoms with Crippen LogP contribution in [-0.2, 0) is 0 Å². The van der Waals surface area contributed by atoms with E-state index < -0.39 is 0 Å². The molecule has 2 aliphatic carbocycles. The molecule has 2 heteroatoms. The summed E-state index contributed by atoms with van der Waals surface area (Å²) in [6, 6.07) is 0. The molecule has 0 heterocycles. The molecule has 1 saturated carbocycles. The monoisotopic (exact) mass is 304 g/mol. The first-order chi connectivity index (χ1) is 6.05. The van der Waals surface area contributed by atoms with Crippen LogP contribution in [0, 0.1) is 23.7 Å². The molecule has 13 heavy (non-hydrogen) atoms. The molecule has 0 aromatic carbocycles. The highest BCUT2D eigenvalue weighted by Crippen LogP contribution is 2.67. The Balaban J connectivity index is 2.22. The minimum atomic E-state index is 0.177. The summed E-state index contributed by atoms with van der Waals surface area (Å²) in [4.78, 5) is 0. The summed E-state index contributed by atoms with van der Waals surface area (Å²) in [7, 11) is 0. The maximum atomic E-state index is 3.75. The summed E-state index contributed by atoms with van der Waals surface area (Å²) in [5, 5.41) is 0. The molecular weight excluding hydrogens is 292 g/mol. The number of allylic oxidation sites excluding steroid dienone is 4. The average Bonchev–Trinajstić information content (AvgIpc) is 2.63. The summed E-state index contributed by atoms with van der Waals surface area (Å²) in [5.41, 5.74) is 0. The van der Waals surface area contributed by atoms with Crippen LogP contribution in [-0.4, -0.2) is 3.23 Å². The van der Waals surface area contributed by atoms with Crippen molar-refractivity contribution in [3.8, 4) is 0 Å². The Bertz CT molecular complexity index is 263. The second-order valence-electron chi connectivity index (χ2n) is 4.32. The summed E-state index contributed by atoms with van der Waals surface area (Å²) in [6.07, 6.45) is 9.00. The number of fused-ring (bicyclic) bond motifs is 1. The zero-order valence-corrected chi connectivity index (χ0v) is 11.0. The van der Waals surface area contributed by atoms with Crippen LogP contribution >= 0.6 is 31.9 Å². The lowest BCUT2D eigenvalue weighted by Crippen LogP contribution is -2.11. The summed E-state index contributed by atoms with van der Waals surface area (Å²) in [5.74, 6) is 2.80. The van der Waals surface area contributed by atoms with Crippen molar-refractivity contribution < 1.29 is 0 Å². The summed E-state index contributed by atoms with van der Waals surface area (Å²) in [6.45, 7) is 4.59. The number of alkyl halides is 2. The third-order valence-electron chi connectivity index (χ3n) is 3.11. The molecule has 0 amide bonds. The molecule has 0 aliphatic heterocycles. The maximum absolute atomic E-state index is 3.75. The Morgan fingerprint density at radius 3 is 2.38 bits per heavy atom. The van der Waals surface area contributed by atoms with Gasteiger partial charge in [0.2, 0.25) is 0 Å². The molecule has 0 N–H and O–H groups in total. The Kier molecular flexibility index (Phi) is 2.48. The van der Waals surface area contributed by atoms with Crippen LogP contribution in [0.2, 0.25) is 0 Å². The average molecular weight is 306 g/mol. The molecule has 72 valence electrons. The maximum Gasteiger partial charge on any atom is 0.0911 e. The van der Waals surface area contributed by atoms with E-state index >= 15 is 0 Å². The van der Waals surface area contributed by atoms with Gasteiger partial charge >= 0.3 is 0 Å². The lowest BCUT2D eigenvalue weighted by Gasteiger charge is -2.16. The Morgan fingerprint density at radius 1 is 1.15 bits per heavy atom. The van der Waals surface area contributed by atoms with Crippen LogP contribution in [0.4, 0.5) is 0 Å². The van der Waals surface area contributed by atoms with Gasteiger partial charge in [-0.1, -0.05) is 70.0 Å². The first-order valence-corrected chi connectivity index (χ1v) is 6.36. The Labute approximate surface area is 96.7 Å². The standard InChI is InChI=1S/C11H14Br2/c1-7(2)8-5-3-4-6-9-10(8)11(9,12)13/h3-10H,1-2H3. The first-order valence-electron chi connectivity index (χ1n) is 4.78. The van der Waals surface area contributed by atoms with Crippen LogP contribution in [0.25, 0.3) is 0 Å². The van der Waals surface area contributed by atoms with E-state index in [0.717, 1.165) is 11.8 Å². The van der Waals surface area contributed by atoms with E-state index in [4.69, 9.17) is 0 Å². The van der Waals surface area contributed by atoms with Crippen molar-refractivity contribution in [1.82, 2.24) is 0 Å². The van der Waals surface area contributed by atoms with Crippen LogP contribution in [0.3, 0.4) is 0 Å². The normalized spacial score (nSPS) is 40.2. The van der Waals surface area contributed by atoms with Crippen molar-refractivity contribution in [2.45, 2.75) is 17.1 Å². The highest BCUT2D eigenvalue weighted by atomic mass is 79.9. The largest absolute Gasteiger partial charge is 0.0911 e. The van der Waals surface area contributed by atoms with Crippen LogP contribution in [0.1, 0.15) is 13.8 Å². The second kappa shape index (κ2) is 3.23. The predicted molar refractivity (Wildman–Crippen MR) is 64.2 cm³/mol. The quantitative estimate of drug-likeness (QED) is 0.639. The van der Waals surface area contributed by atoms with Gasteiger partial charge in [0.1, 0.15) is 0 Å². The number of hydrogen-bond acceptors (Lipinski definition) is 0. The van der Waals surface area contributed by atoms with Gasteiger partial charge in [0.25, 0.3) is 0 Å². The summed E-state index contributed by atoms with van der Waals surface area (Å²) < 4.78 is 0.177. The third-order valence-corrected chi connectivity index (χ3v) is 5.23. The highest BCUT2D eigenvalue weighted by molar-refractivity contribution is 9.25. The van der Waals surface area contributed by atoms with Crippen LogP contribution in [0.15, 0.2) is 24.3 Å². The summed E-state index contributed by atoms with van der Waals surface area (Å²) >= 11 is 7.51. The van der Waals surface area contributed by atoms with E-state index in [1.807, 2.05) is 0 Å². The highest BCUT2D eigenvalue weighted by Gasteiger charge is 2.63. The minimum absolute atomic E-state index is 0.177. The van der Waals surface area contributed by atoms with Gasteiger partial charge in [-0.2, -0.15) is 0 Å². The molecule has 0 aromatic rings. The molecule has 3 atom stereocenters. The van der Waals surface area contributed by atoms with Gasteiger partial charge in [-0.05, 0) is 17.8 Å². The molecule has 3 unspecified atom stereocenters. The van der Waals surface area contributed by atoms with Gasteiger partial charge in [0.05, 0.1) is 3.23 Å². The third kappa shape index (κ3) is 1.56. The van der Waals surface area contributed by atoms with Gasteiger partial charge in [-0.3, -0.25) is 0 Å². The van der Waals surface area contributed by atoms with Gasteiger partial charge in [0.15, 0.2) is 0 Å². The predicted octanol–water partition coefficient (Wildman–Crippen LogP) is 4.12. The van der Waals surface area contributed by atoms with Crippen molar-refractivity contribution in [1.29, 1.82) is 0 Å². The van der Waals surface area contributed by atoms with Crippen molar-refractivity contribution in [3.63, 3.8) is 0 Å². The fraction of sp³-hybridized carbons (Fsp3) is 0.636. The topological polar surface area (TPSA) is 0 Å². The molecular formula is C11H14Br2. The van der Waals surface area contributed by atoms with Gasteiger partial charge in [-0.25, -0.2) is 0 Å². The zero-order chi connectivity index (χ0) is 9.64. The molecule has 0 aromatic heterocycles. The number of halogens is 2. The second-order valence-corrected chi connectivity index (χ2v) is 8.01. The Hall–Kier alpha value is 0.440. The molecule has 0 radical (unpaired) electrons. The minimum Gasteiger partial charge on any atom is -0.0808 e. The first kappa shape index (κ1) is 9.97. The fourth-order valence-corrected chi connectivity index (χ4v) is 4.04. The van der Waals surface area contributed by atoms with Gasteiger partial charge in [-0.15, -0.1) is 0 Å². The molecule has 2 rings (SSSR count). The molecule has 2 aliphatic rings. The molecule has 0 saturated heterocycles. The number of hydrogen-bond donors (Lipinski definition) is 0. The lowest BCUT2D eigenvalue weighted by atomic mass is 9.90. The van der Waals surface area contributed by atoms with Crippen molar-refractivity contribution >= 4 is 31.9 Å². The van der Waals surface area contributed by atoms with E-state index in [2.05, 4.69) is 70.0 Å². The van der Waals surface area contributed by atoms with E-state index in [0.29, 0.717) is 11.8 Å². The smallest absolute Gasteiger partial charge is 0.0808 e. The lowest BCUT2D eigenvalue weighted by molar-refractivity contribution is 0.408. The van der Waals surface area contributed by atoms with E-state index in [1.54, 1.807) is 0 Å². The van der Waals surface area contributed by atoms with Crippen molar-refractivity contribution in [2.24, 2.45) is 23.7 Å². The van der Waals surface area contributed by atoms with E-state index in [-0.39, 0.29) is 3.23 Å². The Morgan fingerprint density at radius 2 is 1.77 bits per heavy atom.